The van der Waals surface area contributed by atoms with Gasteiger partial charge in [-0.2, -0.15) is 0 Å². The van der Waals surface area contributed by atoms with Gasteiger partial charge in [0.2, 0.25) is 5.91 Å². The molecule has 0 bridgehead atoms. The number of amides is 1. The molecule has 3 aliphatic rings. The zero-order chi connectivity index (χ0) is 11.1. The maximum atomic E-state index is 11.7. The molecule has 2 saturated heterocycles. The Hall–Kier alpha value is -0.610. The van der Waals surface area contributed by atoms with Gasteiger partial charge in [-0.3, -0.25) is 9.69 Å². The lowest BCUT2D eigenvalue weighted by molar-refractivity contribution is -0.124. The Balaban J connectivity index is 1.77. The van der Waals surface area contributed by atoms with E-state index in [-0.39, 0.29) is 11.8 Å². The predicted octanol–water partition coefficient (Wildman–Crippen LogP) is 0.0766. The van der Waals surface area contributed by atoms with Crippen LogP contribution in [0.5, 0.6) is 0 Å². The van der Waals surface area contributed by atoms with Crippen LogP contribution in [-0.4, -0.2) is 42.0 Å². The van der Waals surface area contributed by atoms with Crippen molar-refractivity contribution in [3.63, 3.8) is 0 Å². The first-order chi connectivity index (χ1) is 7.77. The van der Waals surface area contributed by atoms with E-state index in [4.69, 9.17) is 5.73 Å². The van der Waals surface area contributed by atoms with E-state index >= 15 is 0 Å². The zero-order valence-corrected chi connectivity index (χ0v) is 9.69. The van der Waals surface area contributed by atoms with Crippen molar-refractivity contribution in [3.8, 4) is 0 Å². The highest BCUT2D eigenvalue weighted by Crippen LogP contribution is 2.33. The number of fused-ring (bicyclic) bond motifs is 1. The molecule has 4 unspecified atom stereocenters. The fourth-order valence-electron chi connectivity index (χ4n) is 3.78. The molecule has 3 rings (SSSR count). The third-order valence-electron chi connectivity index (χ3n) is 4.60. The number of piperidine rings is 1. The van der Waals surface area contributed by atoms with Crippen molar-refractivity contribution in [1.82, 2.24) is 10.2 Å². The van der Waals surface area contributed by atoms with Gasteiger partial charge in [0.25, 0.3) is 0 Å². The molecule has 4 nitrogen and oxygen atoms in total. The van der Waals surface area contributed by atoms with Gasteiger partial charge in [-0.1, -0.05) is 6.42 Å². The number of carbonyl (C=O) groups is 1. The zero-order valence-electron chi connectivity index (χ0n) is 9.69. The first-order valence-corrected chi connectivity index (χ1v) is 6.56. The number of nitrogens with zero attached hydrogens (tertiary/aromatic N) is 1. The minimum absolute atomic E-state index is 0.238. The molecule has 3 N–H and O–H groups in total. The van der Waals surface area contributed by atoms with E-state index in [1.54, 1.807) is 0 Å². The van der Waals surface area contributed by atoms with E-state index in [9.17, 15) is 4.79 Å². The van der Waals surface area contributed by atoms with Crippen molar-refractivity contribution in [2.45, 2.75) is 50.2 Å². The standard InChI is InChI=1S/C12H21N3O/c13-9-4-1-5-10(9)15-6-2-3-8-11(15)7-14-12(8)16/h8-11H,1-7,13H2,(H,14,16). The third-order valence-corrected chi connectivity index (χ3v) is 4.60. The van der Waals surface area contributed by atoms with E-state index in [1.807, 2.05) is 0 Å². The molecular weight excluding hydrogens is 202 g/mol. The molecule has 1 aliphatic carbocycles. The van der Waals surface area contributed by atoms with Crippen molar-refractivity contribution < 1.29 is 4.79 Å². The van der Waals surface area contributed by atoms with Crippen LogP contribution >= 0.6 is 0 Å². The Morgan fingerprint density at radius 2 is 2.06 bits per heavy atom. The van der Waals surface area contributed by atoms with Crippen molar-refractivity contribution in [3.05, 3.63) is 0 Å². The number of likely N-dealkylation sites (tertiary alicyclic amines) is 1. The largest absolute Gasteiger partial charge is 0.354 e. The van der Waals surface area contributed by atoms with E-state index in [1.165, 1.54) is 12.8 Å². The summed E-state index contributed by atoms with van der Waals surface area (Å²) in [6.45, 7) is 1.97. The van der Waals surface area contributed by atoms with Crippen LogP contribution in [0.3, 0.4) is 0 Å². The lowest BCUT2D eigenvalue weighted by Crippen LogP contribution is -2.54. The van der Waals surface area contributed by atoms with Crippen LogP contribution in [0.4, 0.5) is 0 Å². The molecule has 1 saturated carbocycles. The van der Waals surface area contributed by atoms with Gasteiger partial charge in [-0.15, -0.1) is 0 Å². The van der Waals surface area contributed by atoms with Gasteiger partial charge in [0.15, 0.2) is 0 Å². The van der Waals surface area contributed by atoms with Crippen LogP contribution in [-0.2, 0) is 4.79 Å². The third kappa shape index (κ3) is 1.55. The van der Waals surface area contributed by atoms with Gasteiger partial charge in [-0.05, 0) is 32.2 Å². The highest BCUT2D eigenvalue weighted by atomic mass is 16.2. The average molecular weight is 223 g/mol. The van der Waals surface area contributed by atoms with Gasteiger partial charge in [0.05, 0.1) is 5.92 Å². The molecule has 16 heavy (non-hydrogen) atoms. The van der Waals surface area contributed by atoms with Crippen LogP contribution in [0.2, 0.25) is 0 Å². The molecule has 0 aromatic carbocycles. The number of nitrogens with one attached hydrogen (secondary N) is 1. The second-order valence-electron chi connectivity index (χ2n) is 5.46. The van der Waals surface area contributed by atoms with Gasteiger partial charge in [0, 0.05) is 24.7 Å². The molecule has 2 heterocycles. The van der Waals surface area contributed by atoms with Crippen molar-refractivity contribution in [2.75, 3.05) is 13.1 Å². The Kier molecular flexibility index (Phi) is 2.64. The molecule has 0 radical (unpaired) electrons. The molecule has 4 heteroatoms. The van der Waals surface area contributed by atoms with Crippen LogP contribution in [0.1, 0.15) is 32.1 Å². The summed E-state index contributed by atoms with van der Waals surface area (Å²) >= 11 is 0. The van der Waals surface area contributed by atoms with E-state index in [0.717, 1.165) is 32.4 Å². The first kappa shape index (κ1) is 10.5. The monoisotopic (exact) mass is 223 g/mol. The second kappa shape index (κ2) is 4.00. The number of nitrogens with two attached hydrogens (primary N) is 1. The molecule has 1 amide bonds. The topological polar surface area (TPSA) is 58.4 Å². The molecule has 90 valence electrons. The summed E-state index contributed by atoms with van der Waals surface area (Å²) in [4.78, 5) is 14.2. The van der Waals surface area contributed by atoms with Crippen LogP contribution < -0.4 is 11.1 Å². The minimum Gasteiger partial charge on any atom is -0.354 e. The number of rotatable bonds is 1. The highest BCUT2D eigenvalue weighted by Gasteiger charge is 2.44. The fourth-order valence-corrected chi connectivity index (χ4v) is 3.78. The first-order valence-electron chi connectivity index (χ1n) is 6.56. The maximum absolute atomic E-state index is 11.7. The summed E-state index contributed by atoms with van der Waals surface area (Å²) in [5.74, 6) is 0.503. The molecule has 0 aromatic heterocycles. The lowest BCUT2D eigenvalue weighted by Gasteiger charge is -2.41. The lowest BCUT2D eigenvalue weighted by atomic mass is 9.89. The molecule has 2 aliphatic heterocycles. The molecule has 3 fully saturated rings. The number of hydrogen-bond acceptors (Lipinski definition) is 3. The van der Waals surface area contributed by atoms with Crippen molar-refractivity contribution in [1.29, 1.82) is 0 Å². The summed E-state index contributed by atoms with van der Waals surface area (Å²) in [7, 11) is 0. The highest BCUT2D eigenvalue weighted by molar-refractivity contribution is 5.82. The summed E-state index contributed by atoms with van der Waals surface area (Å²) < 4.78 is 0. The van der Waals surface area contributed by atoms with Gasteiger partial charge >= 0.3 is 0 Å². The molecular formula is C12H21N3O. The van der Waals surface area contributed by atoms with Crippen molar-refractivity contribution >= 4 is 5.91 Å². The summed E-state index contributed by atoms with van der Waals surface area (Å²) in [6.07, 6.45) is 5.84. The SMILES string of the molecule is NC1CCCC1N1CCCC2C(=O)NCC21. The van der Waals surface area contributed by atoms with Gasteiger partial charge in [0.1, 0.15) is 0 Å². The Bertz CT molecular complexity index is 294. The van der Waals surface area contributed by atoms with Crippen LogP contribution in [0.15, 0.2) is 0 Å². The summed E-state index contributed by atoms with van der Waals surface area (Å²) in [6, 6.07) is 1.28. The second-order valence-corrected chi connectivity index (χ2v) is 5.46. The van der Waals surface area contributed by atoms with Crippen LogP contribution in [0.25, 0.3) is 0 Å². The van der Waals surface area contributed by atoms with E-state index in [0.29, 0.717) is 18.1 Å². The Labute approximate surface area is 96.5 Å². The van der Waals surface area contributed by atoms with Crippen molar-refractivity contribution in [2.24, 2.45) is 11.7 Å². The quantitative estimate of drug-likeness (QED) is 0.662. The average Bonchev–Trinajstić information content (AvgIpc) is 2.86. The fraction of sp³-hybridized carbons (Fsp3) is 0.917. The Morgan fingerprint density at radius 1 is 1.19 bits per heavy atom. The normalized spacial score (nSPS) is 44.4. The summed E-state index contributed by atoms with van der Waals surface area (Å²) in [5.41, 5.74) is 6.18. The molecule has 0 aromatic rings. The number of hydrogen-bond donors (Lipinski definition) is 2. The predicted molar refractivity (Wildman–Crippen MR) is 61.8 cm³/mol. The van der Waals surface area contributed by atoms with Crippen LogP contribution in [0, 0.1) is 5.92 Å². The van der Waals surface area contributed by atoms with E-state index in [2.05, 4.69) is 10.2 Å². The molecule has 0 spiro atoms. The minimum atomic E-state index is 0.238. The van der Waals surface area contributed by atoms with E-state index < -0.39 is 0 Å². The summed E-state index contributed by atoms with van der Waals surface area (Å²) in [5, 5.41) is 3.01. The molecule has 4 atom stereocenters. The van der Waals surface area contributed by atoms with Gasteiger partial charge < -0.3 is 11.1 Å². The maximum Gasteiger partial charge on any atom is 0.224 e. The Morgan fingerprint density at radius 3 is 2.81 bits per heavy atom. The number of carbonyl (C=O) groups excluding carboxylic acids is 1. The van der Waals surface area contributed by atoms with Gasteiger partial charge in [-0.25, -0.2) is 0 Å². The smallest absolute Gasteiger partial charge is 0.224 e.